The van der Waals surface area contributed by atoms with Gasteiger partial charge < -0.3 is 21.1 Å². The number of carbonyl (C=O) groups excluding carboxylic acids is 1. The number of hydrogen-bond acceptors (Lipinski definition) is 6. The Morgan fingerprint density at radius 2 is 1.93 bits per heavy atom. The molecule has 4 N–H and O–H groups in total. The summed E-state index contributed by atoms with van der Waals surface area (Å²) in [6, 6.07) is 7.70. The highest BCUT2D eigenvalue weighted by atomic mass is 35.5. The van der Waals surface area contributed by atoms with Gasteiger partial charge in [0.05, 0.1) is 29.0 Å². The molecule has 3 heterocycles. The third-order valence-electron chi connectivity index (χ3n) is 9.13. The average molecular weight is 639 g/mol. The number of carbonyl (C=O) groups is 1. The number of nitrogens with one attached hydrogen (secondary N) is 2. The molecule has 0 aliphatic carbocycles. The molecule has 3 aliphatic heterocycles. The van der Waals surface area contributed by atoms with Crippen molar-refractivity contribution in [3.8, 4) is 0 Å². The third kappa shape index (κ3) is 7.40. The number of halogens is 3. The van der Waals surface area contributed by atoms with Crippen molar-refractivity contribution in [3.05, 3.63) is 64.2 Å². The standard InChI is InChI=1S/C31H41ClF2N4O4S/c1-18-13-21(14-19(2)42-18)29(20-8-11-25(32)27(34)15-20)30(35)31(39)37-28-7-3-6-26(33)24(28)10-9-23-16-36-22-5-4-12-43(40,41)38(23)17-22/h3,6-8,11,15,18-19,21-23,29-30,36H,4-5,9-10,12-14,16-17,35H2,1-2H3,(H,37,39)/t18-,19+,21?,22-,23+,29+,30+/m1/s1. The summed E-state index contributed by atoms with van der Waals surface area (Å²) in [5, 5.41) is 6.26. The summed E-state index contributed by atoms with van der Waals surface area (Å²) in [5.41, 5.74) is 7.79. The molecule has 0 spiro atoms. The van der Waals surface area contributed by atoms with Gasteiger partial charge in [-0.05, 0) is 88.1 Å². The van der Waals surface area contributed by atoms with E-state index in [1.54, 1.807) is 16.4 Å². The first kappa shape index (κ1) is 32.2. The number of rotatable bonds is 8. The van der Waals surface area contributed by atoms with Crippen molar-refractivity contribution >= 4 is 33.2 Å². The molecule has 0 saturated carbocycles. The topological polar surface area (TPSA) is 114 Å². The van der Waals surface area contributed by atoms with E-state index in [1.807, 2.05) is 13.8 Å². The summed E-state index contributed by atoms with van der Waals surface area (Å²) in [6.45, 7) is 4.84. The molecule has 3 aliphatic rings. The predicted octanol–water partition coefficient (Wildman–Crippen LogP) is 4.57. The van der Waals surface area contributed by atoms with Gasteiger partial charge in [0.1, 0.15) is 11.6 Å². The van der Waals surface area contributed by atoms with E-state index in [9.17, 15) is 17.6 Å². The molecule has 0 radical (unpaired) electrons. The number of nitrogens with zero attached hydrogens (tertiary/aromatic N) is 1. The largest absolute Gasteiger partial charge is 0.376 e. The molecule has 8 nitrogen and oxygen atoms in total. The van der Waals surface area contributed by atoms with Crippen molar-refractivity contribution in [2.24, 2.45) is 11.7 Å². The Labute approximate surface area is 257 Å². The van der Waals surface area contributed by atoms with Gasteiger partial charge in [0.25, 0.3) is 0 Å². The van der Waals surface area contributed by atoms with Gasteiger partial charge in [-0.15, -0.1) is 0 Å². The number of nitrogens with two attached hydrogens (primary N) is 1. The smallest absolute Gasteiger partial charge is 0.241 e. The van der Waals surface area contributed by atoms with Crippen LogP contribution in [-0.4, -0.2) is 67.8 Å². The van der Waals surface area contributed by atoms with Crippen LogP contribution in [-0.2, 0) is 26.0 Å². The summed E-state index contributed by atoms with van der Waals surface area (Å²) >= 11 is 5.96. The van der Waals surface area contributed by atoms with Gasteiger partial charge in [0, 0.05) is 42.3 Å². The third-order valence-corrected chi connectivity index (χ3v) is 11.4. The van der Waals surface area contributed by atoms with E-state index in [0.717, 1.165) is 6.42 Å². The van der Waals surface area contributed by atoms with Crippen molar-refractivity contribution in [1.82, 2.24) is 9.62 Å². The van der Waals surface area contributed by atoms with Crippen LogP contribution in [0.2, 0.25) is 5.02 Å². The van der Waals surface area contributed by atoms with Gasteiger partial charge in [-0.25, -0.2) is 17.2 Å². The lowest BCUT2D eigenvalue weighted by Gasteiger charge is -2.39. The Hall–Kier alpha value is -2.15. The second-order valence-corrected chi connectivity index (χ2v) is 14.7. The Bertz CT molecular complexity index is 1420. The molecule has 8 atom stereocenters. The molecule has 236 valence electrons. The van der Waals surface area contributed by atoms with E-state index in [4.69, 9.17) is 22.1 Å². The van der Waals surface area contributed by atoms with Crippen LogP contribution in [0.25, 0.3) is 0 Å². The number of amides is 1. The number of sulfonamides is 1. The molecule has 3 fully saturated rings. The van der Waals surface area contributed by atoms with Gasteiger partial charge in [-0.3, -0.25) is 4.79 Å². The number of ether oxygens (including phenoxy) is 1. The van der Waals surface area contributed by atoms with Crippen LogP contribution in [0.3, 0.4) is 0 Å². The van der Waals surface area contributed by atoms with Crippen molar-refractivity contribution in [2.45, 2.75) is 88.6 Å². The lowest BCUT2D eigenvalue weighted by molar-refractivity contribution is -0.119. The minimum Gasteiger partial charge on any atom is -0.376 e. The number of anilines is 1. The molecule has 2 bridgehead atoms. The maximum absolute atomic E-state index is 15.2. The predicted molar refractivity (Wildman–Crippen MR) is 164 cm³/mol. The van der Waals surface area contributed by atoms with E-state index >= 15 is 4.39 Å². The summed E-state index contributed by atoms with van der Waals surface area (Å²) in [6.07, 6.45) is 3.19. The number of benzene rings is 2. The van der Waals surface area contributed by atoms with Crippen molar-refractivity contribution in [1.29, 1.82) is 0 Å². The average Bonchev–Trinajstić information content (AvgIpc) is 3.06. The number of hydrogen-bond donors (Lipinski definition) is 3. The lowest BCUT2D eigenvalue weighted by atomic mass is 9.74. The first-order valence-corrected chi connectivity index (χ1v) is 17.1. The summed E-state index contributed by atoms with van der Waals surface area (Å²) in [5.74, 6) is -2.08. The first-order valence-electron chi connectivity index (χ1n) is 15.1. The normalized spacial score (nSPS) is 30.2. The molecule has 0 aromatic heterocycles. The van der Waals surface area contributed by atoms with Gasteiger partial charge >= 0.3 is 0 Å². The van der Waals surface area contributed by atoms with Crippen molar-refractivity contribution < 1.29 is 26.7 Å². The minimum absolute atomic E-state index is 0.0182. The minimum atomic E-state index is -3.39. The maximum atomic E-state index is 15.2. The van der Waals surface area contributed by atoms with E-state index in [2.05, 4.69) is 10.6 Å². The molecular formula is C31H41ClF2N4O4S. The van der Waals surface area contributed by atoms with Gasteiger partial charge in [0.2, 0.25) is 15.9 Å². The fourth-order valence-corrected chi connectivity index (χ4v) is 9.03. The second kappa shape index (κ2) is 13.5. The molecule has 12 heteroatoms. The highest BCUT2D eigenvalue weighted by Crippen LogP contribution is 2.39. The summed E-state index contributed by atoms with van der Waals surface area (Å²) < 4.78 is 63.0. The first-order chi connectivity index (χ1) is 20.4. The van der Waals surface area contributed by atoms with Crippen LogP contribution in [0.15, 0.2) is 36.4 Å². The molecule has 1 amide bonds. The van der Waals surface area contributed by atoms with Crippen LogP contribution >= 0.6 is 11.6 Å². The zero-order valence-electron chi connectivity index (χ0n) is 24.6. The zero-order valence-corrected chi connectivity index (χ0v) is 26.1. The second-order valence-electron chi connectivity index (χ2n) is 12.3. The van der Waals surface area contributed by atoms with Crippen molar-refractivity contribution in [3.63, 3.8) is 0 Å². The van der Waals surface area contributed by atoms with Gasteiger partial charge in [-0.2, -0.15) is 4.31 Å². The Kier molecular flexibility index (Phi) is 10.1. The van der Waals surface area contributed by atoms with Gasteiger partial charge in [-0.1, -0.05) is 23.7 Å². The molecule has 5 rings (SSSR count). The van der Waals surface area contributed by atoms with Crippen LogP contribution in [0.5, 0.6) is 0 Å². The maximum Gasteiger partial charge on any atom is 0.241 e. The van der Waals surface area contributed by atoms with E-state index in [1.165, 1.54) is 24.3 Å². The monoisotopic (exact) mass is 638 g/mol. The number of piperazine rings is 1. The van der Waals surface area contributed by atoms with Crippen LogP contribution < -0.4 is 16.4 Å². The molecule has 3 saturated heterocycles. The Morgan fingerprint density at radius 3 is 2.65 bits per heavy atom. The van der Waals surface area contributed by atoms with E-state index in [-0.39, 0.29) is 53.1 Å². The van der Waals surface area contributed by atoms with Crippen molar-refractivity contribution in [2.75, 3.05) is 24.2 Å². The number of fused-ring (bicyclic) bond motifs is 2. The summed E-state index contributed by atoms with van der Waals surface area (Å²) in [4.78, 5) is 13.7. The van der Waals surface area contributed by atoms with Crippen LogP contribution in [0.4, 0.5) is 14.5 Å². The van der Waals surface area contributed by atoms with Gasteiger partial charge in [0.15, 0.2) is 0 Å². The SMILES string of the molecule is C[C@@H]1CC([C@H](c2ccc(Cl)c(F)c2)[C@H](N)C(=O)Nc2cccc(F)c2CC[C@H]2CN[C@@H]3CCCS(=O)(=O)N2C3)C[C@H](C)O1. The van der Waals surface area contributed by atoms with Crippen LogP contribution in [0, 0.1) is 17.6 Å². The molecule has 2 unspecified atom stereocenters. The molecule has 43 heavy (non-hydrogen) atoms. The van der Waals surface area contributed by atoms with E-state index in [0.29, 0.717) is 49.9 Å². The highest BCUT2D eigenvalue weighted by Gasteiger charge is 2.39. The summed E-state index contributed by atoms with van der Waals surface area (Å²) in [7, 11) is -3.39. The molecule has 2 aromatic rings. The highest BCUT2D eigenvalue weighted by molar-refractivity contribution is 7.89. The van der Waals surface area contributed by atoms with Crippen LogP contribution in [0.1, 0.15) is 63.0 Å². The molecule has 2 aromatic carbocycles. The van der Waals surface area contributed by atoms with E-state index < -0.39 is 39.5 Å². The molecular weight excluding hydrogens is 598 g/mol. The Morgan fingerprint density at radius 1 is 1.19 bits per heavy atom. The zero-order chi connectivity index (χ0) is 30.9. The quantitative estimate of drug-likeness (QED) is 0.391. The fourth-order valence-electron chi connectivity index (χ4n) is 7.11. The Balaban J connectivity index is 1.36. The fraction of sp³-hybridized carbons (Fsp3) is 0.581. The lowest BCUT2D eigenvalue weighted by Crippen LogP contribution is -2.57.